The highest BCUT2D eigenvalue weighted by Crippen LogP contribution is 2.21. The normalized spacial score (nSPS) is 10.2. The number of aromatic amines is 1. The molecule has 4 N–H and O–H groups in total. The third-order valence-corrected chi connectivity index (χ3v) is 4.02. The van der Waals surface area contributed by atoms with E-state index in [9.17, 15) is 14.0 Å². The highest BCUT2D eigenvalue weighted by molar-refractivity contribution is 6.11. The molecule has 0 aliphatic heterocycles. The smallest absolute Gasteiger partial charge is 0.275 e. The van der Waals surface area contributed by atoms with E-state index in [-0.39, 0.29) is 11.4 Å². The van der Waals surface area contributed by atoms with Crippen LogP contribution in [0.2, 0.25) is 0 Å². The van der Waals surface area contributed by atoms with Crippen molar-refractivity contribution in [3.63, 3.8) is 0 Å². The fourth-order valence-electron chi connectivity index (χ4n) is 2.57. The maximum Gasteiger partial charge on any atom is 0.275 e. The van der Waals surface area contributed by atoms with Crippen molar-refractivity contribution in [1.29, 1.82) is 0 Å². The van der Waals surface area contributed by atoms with Gasteiger partial charge in [0.25, 0.3) is 11.8 Å². The molecule has 0 saturated heterocycles. The molecule has 0 atom stereocenters. The zero-order valence-electron chi connectivity index (χ0n) is 15.0. The molecule has 2 aromatic carbocycles. The molecule has 0 unspecified atom stereocenters. The van der Waals surface area contributed by atoms with Gasteiger partial charge in [0.05, 0.1) is 11.9 Å². The predicted octanol–water partition coefficient (Wildman–Crippen LogP) is 3.74. The fourth-order valence-corrected chi connectivity index (χ4v) is 2.57. The van der Waals surface area contributed by atoms with E-state index in [1.54, 1.807) is 31.3 Å². The number of aromatic nitrogens is 2. The Kier molecular flexibility index (Phi) is 5.50. The Balaban J connectivity index is 1.76. The van der Waals surface area contributed by atoms with Gasteiger partial charge in [-0.3, -0.25) is 14.7 Å². The molecule has 2 amide bonds. The number of benzene rings is 2. The van der Waals surface area contributed by atoms with Crippen molar-refractivity contribution in [3.8, 4) is 0 Å². The Morgan fingerprint density at radius 3 is 2.50 bits per heavy atom. The van der Waals surface area contributed by atoms with Crippen LogP contribution < -0.4 is 16.0 Å². The van der Waals surface area contributed by atoms with Crippen molar-refractivity contribution in [3.05, 3.63) is 77.9 Å². The molecule has 0 radical (unpaired) electrons. The van der Waals surface area contributed by atoms with Crippen molar-refractivity contribution in [1.82, 2.24) is 10.2 Å². The lowest BCUT2D eigenvalue weighted by molar-refractivity contribution is 0.102. The first-order chi connectivity index (χ1) is 13.5. The monoisotopic (exact) mass is 379 g/mol. The summed E-state index contributed by atoms with van der Waals surface area (Å²) >= 11 is 0. The number of hydrogen-bond acceptors (Lipinski definition) is 4. The van der Waals surface area contributed by atoms with Crippen LogP contribution >= 0.6 is 0 Å². The molecule has 8 heteroatoms. The molecule has 0 fully saturated rings. The molecule has 1 heterocycles. The lowest BCUT2D eigenvalue weighted by Gasteiger charge is -2.10. The molecule has 0 bridgehead atoms. The lowest BCUT2D eigenvalue weighted by atomic mass is 10.1. The SMILES string of the molecule is C=Cc1ccc(C(=O)Nc2cn[nH]c2C(=O)Nc2ccc(F)cc2)cc1NC. The van der Waals surface area contributed by atoms with Gasteiger partial charge >= 0.3 is 0 Å². The Morgan fingerprint density at radius 2 is 1.82 bits per heavy atom. The van der Waals surface area contributed by atoms with Gasteiger partial charge in [-0.1, -0.05) is 18.7 Å². The number of carbonyl (C=O) groups is 2. The van der Waals surface area contributed by atoms with Gasteiger partial charge in [-0.15, -0.1) is 0 Å². The summed E-state index contributed by atoms with van der Waals surface area (Å²) in [6, 6.07) is 10.4. The summed E-state index contributed by atoms with van der Waals surface area (Å²) in [6.45, 7) is 3.73. The number of nitrogens with one attached hydrogen (secondary N) is 4. The molecular weight excluding hydrogens is 361 g/mol. The van der Waals surface area contributed by atoms with Crippen LogP contribution in [0.3, 0.4) is 0 Å². The van der Waals surface area contributed by atoms with Crippen LogP contribution in [0.5, 0.6) is 0 Å². The van der Waals surface area contributed by atoms with E-state index in [4.69, 9.17) is 0 Å². The van der Waals surface area contributed by atoms with E-state index in [0.717, 1.165) is 11.3 Å². The number of carbonyl (C=O) groups excluding carboxylic acids is 2. The van der Waals surface area contributed by atoms with E-state index in [2.05, 4.69) is 32.7 Å². The minimum atomic E-state index is -0.516. The number of halogens is 1. The van der Waals surface area contributed by atoms with Crippen molar-refractivity contribution in [2.75, 3.05) is 23.0 Å². The van der Waals surface area contributed by atoms with Crippen molar-refractivity contribution >= 4 is 35.0 Å². The van der Waals surface area contributed by atoms with Crippen LogP contribution in [0, 0.1) is 5.82 Å². The molecule has 0 saturated carbocycles. The average Bonchev–Trinajstić information content (AvgIpc) is 3.17. The highest BCUT2D eigenvalue weighted by atomic mass is 19.1. The standard InChI is InChI=1S/C20H18FN5O2/c1-3-12-4-5-13(10-16(12)22-2)19(27)25-17-11-23-26-18(17)20(28)24-15-8-6-14(21)7-9-15/h3-11,22H,1H2,2H3,(H,23,26)(H,24,28)(H,25,27). The van der Waals surface area contributed by atoms with Crippen molar-refractivity contribution in [2.24, 2.45) is 0 Å². The summed E-state index contributed by atoms with van der Waals surface area (Å²) in [5.41, 5.74) is 2.74. The molecule has 3 rings (SSSR count). The van der Waals surface area contributed by atoms with E-state index in [1.807, 2.05) is 0 Å². The Morgan fingerprint density at radius 1 is 1.07 bits per heavy atom. The van der Waals surface area contributed by atoms with E-state index in [1.165, 1.54) is 30.5 Å². The molecular formula is C20H18FN5O2. The van der Waals surface area contributed by atoms with Crippen molar-refractivity contribution < 1.29 is 14.0 Å². The Hall–Kier alpha value is -3.94. The zero-order chi connectivity index (χ0) is 20.1. The molecule has 0 spiro atoms. The first kappa shape index (κ1) is 18.8. The third kappa shape index (κ3) is 4.07. The Bertz CT molecular complexity index is 1030. The quantitative estimate of drug-likeness (QED) is 0.524. The van der Waals surface area contributed by atoms with E-state index >= 15 is 0 Å². The van der Waals surface area contributed by atoms with Gasteiger partial charge in [-0.2, -0.15) is 5.10 Å². The maximum atomic E-state index is 13.0. The first-order valence-corrected chi connectivity index (χ1v) is 8.37. The second-order valence-electron chi connectivity index (χ2n) is 5.83. The molecule has 142 valence electrons. The van der Waals surface area contributed by atoms with Gasteiger partial charge in [0.15, 0.2) is 0 Å². The van der Waals surface area contributed by atoms with Gasteiger partial charge in [0, 0.05) is 24.0 Å². The maximum absolute atomic E-state index is 13.0. The van der Waals surface area contributed by atoms with Gasteiger partial charge in [0.2, 0.25) is 0 Å². The summed E-state index contributed by atoms with van der Waals surface area (Å²) < 4.78 is 13.0. The summed E-state index contributed by atoms with van der Waals surface area (Å²) in [6.07, 6.45) is 3.02. The van der Waals surface area contributed by atoms with E-state index < -0.39 is 17.6 Å². The van der Waals surface area contributed by atoms with Crippen LogP contribution in [-0.2, 0) is 0 Å². The minimum absolute atomic E-state index is 0.0780. The number of amides is 2. The number of hydrogen-bond donors (Lipinski definition) is 4. The zero-order valence-corrected chi connectivity index (χ0v) is 15.0. The van der Waals surface area contributed by atoms with Gasteiger partial charge in [-0.05, 0) is 42.0 Å². The fraction of sp³-hybridized carbons (Fsp3) is 0.0500. The second-order valence-corrected chi connectivity index (χ2v) is 5.83. The third-order valence-electron chi connectivity index (χ3n) is 4.02. The van der Waals surface area contributed by atoms with Gasteiger partial charge in [0.1, 0.15) is 11.5 Å². The van der Waals surface area contributed by atoms with Gasteiger partial charge < -0.3 is 16.0 Å². The average molecular weight is 379 g/mol. The molecule has 7 nitrogen and oxygen atoms in total. The number of H-pyrrole nitrogens is 1. The molecule has 3 aromatic rings. The first-order valence-electron chi connectivity index (χ1n) is 8.37. The van der Waals surface area contributed by atoms with Crippen molar-refractivity contribution in [2.45, 2.75) is 0 Å². The molecule has 28 heavy (non-hydrogen) atoms. The summed E-state index contributed by atoms with van der Waals surface area (Å²) in [5.74, 6) is -1.32. The number of rotatable bonds is 6. The highest BCUT2D eigenvalue weighted by Gasteiger charge is 2.17. The second kappa shape index (κ2) is 8.17. The predicted molar refractivity (Wildman–Crippen MR) is 107 cm³/mol. The summed E-state index contributed by atoms with van der Waals surface area (Å²) in [7, 11) is 1.75. The molecule has 1 aromatic heterocycles. The lowest BCUT2D eigenvalue weighted by Crippen LogP contribution is -2.18. The van der Waals surface area contributed by atoms with Gasteiger partial charge in [-0.25, -0.2) is 4.39 Å². The largest absolute Gasteiger partial charge is 0.388 e. The topological polar surface area (TPSA) is 98.9 Å². The van der Waals surface area contributed by atoms with Crippen LogP contribution in [0.25, 0.3) is 6.08 Å². The summed E-state index contributed by atoms with van der Waals surface area (Å²) in [5, 5.41) is 14.7. The van der Waals surface area contributed by atoms with Crippen LogP contribution in [0.15, 0.2) is 55.2 Å². The minimum Gasteiger partial charge on any atom is -0.388 e. The summed E-state index contributed by atoms with van der Waals surface area (Å²) in [4.78, 5) is 25.0. The molecule has 0 aliphatic carbocycles. The number of nitrogens with zero attached hydrogens (tertiary/aromatic N) is 1. The van der Waals surface area contributed by atoms with E-state index in [0.29, 0.717) is 11.3 Å². The van der Waals surface area contributed by atoms with Crippen LogP contribution in [0.4, 0.5) is 21.5 Å². The number of anilines is 3. The van der Waals surface area contributed by atoms with Crippen LogP contribution in [-0.4, -0.2) is 29.1 Å². The van der Waals surface area contributed by atoms with Crippen LogP contribution in [0.1, 0.15) is 26.4 Å². The molecule has 0 aliphatic rings. The Labute approximate surface area is 160 Å².